The quantitative estimate of drug-likeness (QED) is 0.143. The summed E-state index contributed by atoms with van der Waals surface area (Å²) in [5.41, 5.74) is 8.46. The van der Waals surface area contributed by atoms with Gasteiger partial charge >= 0.3 is 12.1 Å². The second-order valence-corrected chi connectivity index (χ2v) is 12.6. The van der Waals surface area contributed by atoms with Gasteiger partial charge < -0.3 is 25.8 Å². The van der Waals surface area contributed by atoms with E-state index in [1.807, 2.05) is 67.5 Å². The van der Waals surface area contributed by atoms with Crippen LogP contribution in [0.25, 0.3) is 11.3 Å². The van der Waals surface area contributed by atoms with Crippen LogP contribution >= 0.6 is 11.8 Å². The highest BCUT2D eigenvalue weighted by atomic mass is 32.2. The molecule has 0 fully saturated rings. The van der Waals surface area contributed by atoms with Crippen molar-refractivity contribution in [2.45, 2.75) is 90.9 Å². The van der Waals surface area contributed by atoms with Gasteiger partial charge in [-0.3, -0.25) is 4.79 Å². The number of benzene rings is 1. The molecular formula is C29H43N5O5S. The van der Waals surface area contributed by atoms with Gasteiger partial charge in [0.05, 0.1) is 11.3 Å². The van der Waals surface area contributed by atoms with E-state index in [1.54, 1.807) is 6.07 Å². The molecule has 1 aromatic carbocycles. The van der Waals surface area contributed by atoms with Gasteiger partial charge in [0.25, 0.3) is 0 Å². The van der Waals surface area contributed by atoms with Gasteiger partial charge in [-0.2, -0.15) is 0 Å². The molecule has 0 saturated carbocycles. The number of aryl methyl sites for hydroxylation is 2. The molecule has 4 N–H and O–H groups in total. The fraction of sp³-hybridized carbons (Fsp3) is 0.552. The van der Waals surface area contributed by atoms with Crippen molar-refractivity contribution < 1.29 is 23.9 Å². The van der Waals surface area contributed by atoms with Crippen LogP contribution in [0.2, 0.25) is 0 Å². The predicted molar refractivity (Wildman–Crippen MR) is 158 cm³/mol. The molecule has 11 heteroatoms. The standard InChI is InChI=1S/C29H43N5O5S/c1-18-15-19(2)21(25(36)38-28(3,4)5)16-20(18)22-17-24(34-26(30)33-22)40-14-11-23(35)31-12-9-10-13-32-27(37)39-29(6,7)8/h15-17H,9-14H2,1-8H3,(H,31,35)(H,32,37)(H2,30,33,34). The summed E-state index contributed by atoms with van der Waals surface area (Å²) >= 11 is 1.41. The molecule has 220 valence electrons. The lowest BCUT2D eigenvalue weighted by Gasteiger charge is -2.21. The number of anilines is 1. The second-order valence-electron chi connectivity index (χ2n) is 11.5. The summed E-state index contributed by atoms with van der Waals surface area (Å²) in [5, 5.41) is 6.23. The summed E-state index contributed by atoms with van der Waals surface area (Å²) in [4.78, 5) is 45.3. The molecule has 2 aromatic rings. The number of esters is 1. The van der Waals surface area contributed by atoms with Gasteiger partial charge in [-0.05, 0) is 91.5 Å². The molecule has 10 nitrogen and oxygen atoms in total. The fourth-order valence-corrected chi connectivity index (χ4v) is 4.50. The number of carbonyl (C=O) groups excluding carboxylic acids is 3. The van der Waals surface area contributed by atoms with Crippen molar-refractivity contribution in [3.05, 3.63) is 34.9 Å². The van der Waals surface area contributed by atoms with Crippen LogP contribution in [0.5, 0.6) is 0 Å². The molecule has 0 radical (unpaired) electrons. The number of nitrogens with two attached hydrogens (primary N) is 1. The lowest BCUT2D eigenvalue weighted by molar-refractivity contribution is -0.120. The maximum atomic E-state index is 12.8. The number of amides is 2. The number of nitrogens with one attached hydrogen (secondary N) is 2. The number of nitrogen functional groups attached to an aromatic ring is 1. The number of unbranched alkanes of at least 4 members (excludes halogenated alkanes) is 1. The third-order valence-corrected chi connectivity index (χ3v) is 6.27. The third-order valence-electron chi connectivity index (χ3n) is 5.36. The van der Waals surface area contributed by atoms with Crippen LogP contribution < -0.4 is 16.4 Å². The molecule has 0 atom stereocenters. The van der Waals surface area contributed by atoms with E-state index in [0.29, 0.717) is 41.5 Å². The monoisotopic (exact) mass is 573 g/mol. The van der Waals surface area contributed by atoms with Crippen LogP contribution in [0, 0.1) is 13.8 Å². The van der Waals surface area contributed by atoms with E-state index in [2.05, 4.69) is 20.6 Å². The van der Waals surface area contributed by atoms with Gasteiger partial charge in [-0.1, -0.05) is 6.07 Å². The second kappa shape index (κ2) is 14.3. The Kier molecular flexibility index (Phi) is 11.8. The molecule has 0 aliphatic carbocycles. The van der Waals surface area contributed by atoms with Crippen LogP contribution in [0.3, 0.4) is 0 Å². The zero-order valence-electron chi connectivity index (χ0n) is 24.9. The Bertz CT molecular complexity index is 1200. The first-order valence-corrected chi connectivity index (χ1v) is 14.4. The van der Waals surface area contributed by atoms with E-state index in [4.69, 9.17) is 15.2 Å². The molecule has 0 unspecified atom stereocenters. The third kappa shape index (κ3) is 11.8. The van der Waals surface area contributed by atoms with Crippen molar-refractivity contribution in [1.29, 1.82) is 0 Å². The van der Waals surface area contributed by atoms with Crippen LogP contribution in [-0.4, -0.2) is 58.0 Å². The Morgan fingerprint density at radius 1 is 0.875 bits per heavy atom. The number of ether oxygens (including phenoxy) is 2. The Hall–Kier alpha value is -3.34. The van der Waals surface area contributed by atoms with Gasteiger partial charge in [0.2, 0.25) is 11.9 Å². The van der Waals surface area contributed by atoms with Crippen molar-refractivity contribution in [3.63, 3.8) is 0 Å². The zero-order chi connectivity index (χ0) is 30.1. The summed E-state index contributed by atoms with van der Waals surface area (Å²) in [6, 6.07) is 5.52. The first-order valence-electron chi connectivity index (χ1n) is 13.4. The van der Waals surface area contributed by atoms with Crippen molar-refractivity contribution in [2.24, 2.45) is 0 Å². The largest absolute Gasteiger partial charge is 0.456 e. The number of rotatable bonds is 11. The maximum Gasteiger partial charge on any atom is 0.407 e. The average Bonchev–Trinajstić information content (AvgIpc) is 2.78. The molecule has 1 heterocycles. The summed E-state index contributed by atoms with van der Waals surface area (Å²) < 4.78 is 10.8. The number of hydrogen-bond acceptors (Lipinski definition) is 9. The Morgan fingerprint density at radius 3 is 2.12 bits per heavy atom. The molecule has 0 saturated heterocycles. The van der Waals surface area contributed by atoms with E-state index < -0.39 is 23.3 Å². The summed E-state index contributed by atoms with van der Waals surface area (Å²) in [6.45, 7) is 15.8. The summed E-state index contributed by atoms with van der Waals surface area (Å²) in [6.07, 6.45) is 1.34. The highest BCUT2D eigenvalue weighted by Crippen LogP contribution is 2.29. The number of carbonyl (C=O) groups is 3. The van der Waals surface area contributed by atoms with Crippen molar-refractivity contribution >= 4 is 35.7 Å². The minimum Gasteiger partial charge on any atom is -0.456 e. The first kappa shape index (κ1) is 32.9. The first-order chi connectivity index (χ1) is 18.5. The maximum absolute atomic E-state index is 12.8. The number of thioether (sulfide) groups is 1. The van der Waals surface area contributed by atoms with Crippen molar-refractivity contribution in [3.8, 4) is 11.3 Å². The molecule has 40 heavy (non-hydrogen) atoms. The van der Waals surface area contributed by atoms with Gasteiger partial charge in [-0.15, -0.1) is 11.8 Å². The van der Waals surface area contributed by atoms with E-state index in [1.165, 1.54) is 11.8 Å². The van der Waals surface area contributed by atoms with Crippen molar-refractivity contribution in [2.75, 3.05) is 24.6 Å². The highest BCUT2D eigenvalue weighted by Gasteiger charge is 2.21. The fourth-order valence-electron chi connectivity index (χ4n) is 3.66. The smallest absolute Gasteiger partial charge is 0.407 e. The highest BCUT2D eigenvalue weighted by molar-refractivity contribution is 7.99. The average molecular weight is 574 g/mol. The normalized spacial score (nSPS) is 11.6. The molecule has 0 aliphatic heterocycles. The van der Waals surface area contributed by atoms with Gasteiger partial charge in [0.1, 0.15) is 16.2 Å². The van der Waals surface area contributed by atoms with E-state index in [0.717, 1.165) is 29.5 Å². The minimum absolute atomic E-state index is 0.0637. The number of aromatic nitrogens is 2. The Morgan fingerprint density at radius 2 is 1.50 bits per heavy atom. The predicted octanol–water partition coefficient (Wildman–Crippen LogP) is 5.20. The number of hydrogen-bond donors (Lipinski definition) is 3. The van der Waals surface area contributed by atoms with E-state index in [-0.39, 0.29) is 11.9 Å². The topological polar surface area (TPSA) is 146 Å². The van der Waals surface area contributed by atoms with Gasteiger partial charge in [0.15, 0.2) is 0 Å². The van der Waals surface area contributed by atoms with E-state index in [9.17, 15) is 14.4 Å². The Balaban J connectivity index is 1.89. The molecule has 1 aromatic heterocycles. The number of alkyl carbamates (subject to hydrolysis) is 1. The molecule has 0 spiro atoms. The van der Waals surface area contributed by atoms with Crippen LogP contribution in [-0.2, 0) is 14.3 Å². The van der Waals surface area contributed by atoms with Gasteiger partial charge in [0, 0.05) is 30.8 Å². The zero-order valence-corrected chi connectivity index (χ0v) is 25.7. The van der Waals surface area contributed by atoms with E-state index >= 15 is 0 Å². The van der Waals surface area contributed by atoms with Crippen LogP contribution in [0.1, 0.15) is 82.3 Å². The lowest BCUT2D eigenvalue weighted by atomic mass is 9.97. The molecule has 2 amide bonds. The SMILES string of the molecule is Cc1cc(C)c(-c2cc(SCCC(=O)NCCCCNC(=O)OC(C)(C)C)nc(N)n2)cc1C(=O)OC(C)(C)C. The van der Waals surface area contributed by atoms with Gasteiger partial charge in [-0.25, -0.2) is 19.6 Å². The lowest BCUT2D eigenvalue weighted by Crippen LogP contribution is -2.33. The Labute approximate surface area is 241 Å². The van der Waals surface area contributed by atoms with Crippen molar-refractivity contribution in [1.82, 2.24) is 20.6 Å². The van der Waals surface area contributed by atoms with Crippen LogP contribution in [0.4, 0.5) is 10.7 Å². The summed E-state index contributed by atoms with van der Waals surface area (Å²) in [7, 11) is 0. The summed E-state index contributed by atoms with van der Waals surface area (Å²) in [5.74, 6) is 0.167. The molecule has 2 rings (SSSR count). The minimum atomic E-state index is -0.608. The molecule has 0 aliphatic rings. The molecular weight excluding hydrogens is 530 g/mol. The van der Waals surface area contributed by atoms with Crippen LogP contribution in [0.15, 0.2) is 23.2 Å². The number of nitrogens with zero attached hydrogens (tertiary/aromatic N) is 2. The molecule has 0 bridgehead atoms.